The highest BCUT2D eigenvalue weighted by Gasteiger charge is 2.22. The van der Waals surface area contributed by atoms with Crippen LogP contribution in [0.25, 0.3) is 0 Å². The summed E-state index contributed by atoms with van der Waals surface area (Å²) >= 11 is 1.03. The second-order valence-corrected chi connectivity index (χ2v) is 10.8. The zero-order valence-corrected chi connectivity index (χ0v) is 19.5. The van der Waals surface area contributed by atoms with Crippen molar-refractivity contribution in [1.82, 2.24) is 15.0 Å². The second kappa shape index (κ2) is 9.16. The largest absolute Gasteiger partial charge is 0.494 e. The highest BCUT2D eigenvalue weighted by Crippen LogP contribution is 2.31. The van der Waals surface area contributed by atoms with Crippen molar-refractivity contribution < 1.29 is 13.2 Å². The fourth-order valence-electron chi connectivity index (χ4n) is 2.61. The lowest BCUT2D eigenvalue weighted by Crippen LogP contribution is -2.39. The van der Waals surface area contributed by atoms with E-state index in [1.807, 2.05) is 20.8 Å². The molecule has 0 fully saturated rings. The van der Waals surface area contributed by atoms with Crippen molar-refractivity contribution >= 4 is 37.9 Å². The van der Waals surface area contributed by atoms with Gasteiger partial charge in [-0.1, -0.05) is 17.4 Å². The normalized spacial score (nSPS) is 11.9. The average Bonchev–Trinajstić information content (AvgIpc) is 3.15. The molecule has 0 spiro atoms. The van der Waals surface area contributed by atoms with E-state index in [4.69, 9.17) is 10.5 Å². The van der Waals surface area contributed by atoms with Gasteiger partial charge >= 0.3 is 0 Å². The minimum Gasteiger partial charge on any atom is -0.494 e. The zero-order valence-electron chi connectivity index (χ0n) is 17.8. The maximum Gasteiger partial charge on any atom is 0.217 e. The Bertz CT molecular complexity index is 1160. The van der Waals surface area contributed by atoms with Crippen LogP contribution in [0.2, 0.25) is 0 Å². The van der Waals surface area contributed by atoms with E-state index in [0.717, 1.165) is 11.3 Å². The van der Waals surface area contributed by atoms with E-state index in [2.05, 4.69) is 25.6 Å². The van der Waals surface area contributed by atoms with Gasteiger partial charge < -0.3 is 21.1 Å². The molecule has 4 N–H and O–H groups in total. The smallest absolute Gasteiger partial charge is 0.217 e. The number of benzene rings is 1. The first-order chi connectivity index (χ1) is 14.6. The van der Waals surface area contributed by atoms with Gasteiger partial charge in [0.1, 0.15) is 27.4 Å². The first-order valence-electron chi connectivity index (χ1n) is 9.66. The Morgan fingerprint density at radius 3 is 2.65 bits per heavy atom. The van der Waals surface area contributed by atoms with Crippen molar-refractivity contribution in [2.45, 2.75) is 42.3 Å². The Morgan fingerprint density at radius 2 is 1.94 bits per heavy atom. The van der Waals surface area contributed by atoms with Crippen molar-refractivity contribution in [3.05, 3.63) is 42.4 Å². The van der Waals surface area contributed by atoms with Crippen LogP contribution in [0.5, 0.6) is 5.75 Å². The molecule has 0 saturated heterocycles. The maximum absolute atomic E-state index is 13.0. The number of thiazole rings is 1. The average molecular weight is 463 g/mol. The van der Waals surface area contributed by atoms with Crippen LogP contribution in [0.4, 0.5) is 16.8 Å². The summed E-state index contributed by atoms with van der Waals surface area (Å²) in [6, 6.07) is 8.14. The van der Waals surface area contributed by atoms with Crippen LogP contribution >= 0.6 is 11.3 Å². The van der Waals surface area contributed by atoms with Gasteiger partial charge in [0.2, 0.25) is 9.84 Å². The SMILES string of the molecule is CCOc1cccc(S(=O)(=O)c2cnc(Nc3cc(NCC(C)(C)N)nc(C)n3)s2)c1. The predicted molar refractivity (Wildman–Crippen MR) is 122 cm³/mol. The summed E-state index contributed by atoms with van der Waals surface area (Å²) in [6.45, 7) is 8.42. The lowest BCUT2D eigenvalue weighted by atomic mass is 10.1. The minimum atomic E-state index is -3.72. The summed E-state index contributed by atoms with van der Waals surface area (Å²) in [5, 5.41) is 6.64. The van der Waals surface area contributed by atoms with Gasteiger partial charge in [0.15, 0.2) is 5.13 Å². The summed E-state index contributed by atoms with van der Waals surface area (Å²) in [4.78, 5) is 13.0. The molecule has 0 aliphatic rings. The second-order valence-electron chi connectivity index (χ2n) is 7.55. The molecular formula is C20H26N6O3S2. The number of aromatic nitrogens is 3. The van der Waals surface area contributed by atoms with Gasteiger partial charge in [-0.2, -0.15) is 0 Å². The maximum atomic E-state index is 13.0. The molecule has 31 heavy (non-hydrogen) atoms. The third-order valence-corrected chi connectivity index (χ3v) is 7.10. The number of rotatable bonds is 9. The molecule has 2 heterocycles. The van der Waals surface area contributed by atoms with E-state index in [0.29, 0.717) is 41.5 Å². The Labute approximate surface area is 186 Å². The number of ether oxygens (including phenoxy) is 1. The van der Waals surface area contributed by atoms with Gasteiger partial charge in [-0.15, -0.1) is 0 Å². The lowest BCUT2D eigenvalue weighted by molar-refractivity contribution is 0.339. The van der Waals surface area contributed by atoms with Crippen molar-refractivity contribution in [2.75, 3.05) is 23.8 Å². The standard InChI is InChI=1S/C20H26N6O3S2/c1-5-29-14-7-6-8-15(9-14)31(27,28)18-11-22-19(30-18)26-17-10-16(24-13(2)25-17)23-12-20(3,4)21/h6-11H,5,12,21H2,1-4H3,(H2,22,23,24,25,26). The molecule has 1 aromatic carbocycles. The fourth-order valence-corrected chi connectivity index (χ4v) is 5.08. The quantitative estimate of drug-likeness (QED) is 0.438. The molecule has 166 valence electrons. The Hall–Kier alpha value is -2.76. The molecular weight excluding hydrogens is 436 g/mol. The number of hydrogen-bond donors (Lipinski definition) is 3. The molecule has 11 heteroatoms. The van der Waals surface area contributed by atoms with Gasteiger partial charge in [-0.3, -0.25) is 0 Å². The van der Waals surface area contributed by atoms with Gasteiger partial charge in [0.25, 0.3) is 0 Å². The van der Waals surface area contributed by atoms with Crippen LogP contribution < -0.4 is 21.1 Å². The molecule has 0 bridgehead atoms. The molecule has 0 saturated carbocycles. The van der Waals surface area contributed by atoms with Crippen LogP contribution in [0.15, 0.2) is 45.6 Å². The number of anilines is 3. The van der Waals surface area contributed by atoms with Crippen LogP contribution in [0.3, 0.4) is 0 Å². The topological polar surface area (TPSA) is 132 Å². The Kier molecular flexibility index (Phi) is 6.77. The summed E-state index contributed by atoms with van der Waals surface area (Å²) in [5.41, 5.74) is 5.61. The summed E-state index contributed by atoms with van der Waals surface area (Å²) in [7, 11) is -3.72. The van der Waals surface area contributed by atoms with Gasteiger partial charge in [0.05, 0.1) is 17.7 Å². The van der Waals surface area contributed by atoms with Crippen molar-refractivity contribution in [3.63, 3.8) is 0 Å². The number of nitrogens with zero attached hydrogens (tertiary/aromatic N) is 3. The van der Waals surface area contributed by atoms with Gasteiger partial charge in [0, 0.05) is 18.2 Å². The van der Waals surface area contributed by atoms with Crippen molar-refractivity contribution in [1.29, 1.82) is 0 Å². The number of nitrogens with one attached hydrogen (secondary N) is 2. The van der Waals surface area contributed by atoms with Crippen molar-refractivity contribution in [3.8, 4) is 5.75 Å². The van der Waals surface area contributed by atoms with Gasteiger partial charge in [-0.25, -0.2) is 23.4 Å². The molecule has 0 amide bonds. The molecule has 2 aromatic heterocycles. The Balaban J connectivity index is 1.80. The van der Waals surface area contributed by atoms with E-state index < -0.39 is 15.4 Å². The third kappa shape index (κ3) is 6.12. The summed E-state index contributed by atoms with van der Waals surface area (Å²) < 4.78 is 31.5. The molecule has 0 aliphatic carbocycles. The van der Waals surface area contributed by atoms with Gasteiger partial charge in [-0.05, 0) is 45.9 Å². The number of nitrogens with two attached hydrogens (primary N) is 1. The molecule has 9 nitrogen and oxygen atoms in total. The van der Waals surface area contributed by atoms with E-state index in [1.165, 1.54) is 18.3 Å². The van der Waals surface area contributed by atoms with Crippen LogP contribution in [0, 0.1) is 6.92 Å². The van der Waals surface area contributed by atoms with E-state index in [1.54, 1.807) is 25.1 Å². The lowest BCUT2D eigenvalue weighted by Gasteiger charge is -2.19. The Morgan fingerprint density at radius 1 is 1.19 bits per heavy atom. The van der Waals surface area contributed by atoms with E-state index in [9.17, 15) is 8.42 Å². The number of sulfone groups is 1. The number of aryl methyl sites for hydroxylation is 1. The monoisotopic (exact) mass is 462 g/mol. The zero-order chi connectivity index (χ0) is 22.6. The molecule has 0 aliphatic heterocycles. The predicted octanol–water partition coefficient (Wildman–Crippen LogP) is 3.37. The summed E-state index contributed by atoms with van der Waals surface area (Å²) in [5.74, 6) is 2.18. The van der Waals surface area contributed by atoms with Crippen molar-refractivity contribution in [2.24, 2.45) is 5.73 Å². The summed E-state index contributed by atoms with van der Waals surface area (Å²) in [6.07, 6.45) is 1.33. The van der Waals surface area contributed by atoms with Crippen LogP contribution in [-0.2, 0) is 9.84 Å². The first-order valence-corrected chi connectivity index (χ1v) is 12.0. The first kappa shape index (κ1) is 22.9. The van der Waals surface area contributed by atoms with E-state index >= 15 is 0 Å². The molecule has 0 atom stereocenters. The molecule has 3 aromatic rings. The van der Waals surface area contributed by atoms with Crippen LogP contribution in [-0.4, -0.2) is 42.1 Å². The van der Waals surface area contributed by atoms with E-state index in [-0.39, 0.29) is 9.10 Å². The number of hydrogen-bond acceptors (Lipinski definition) is 10. The molecule has 3 rings (SSSR count). The third-order valence-electron chi connectivity index (χ3n) is 3.97. The van der Waals surface area contributed by atoms with Crippen LogP contribution in [0.1, 0.15) is 26.6 Å². The highest BCUT2D eigenvalue weighted by molar-refractivity contribution is 7.93. The fraction of sp³-hybridized carbons (Fsp3) is 0.350. The highest BCUT2D eigenvalue weighted by atomic mass is 32.2. The minimum absolute atomic E-state index is 0.123. The molecule has 0 unspecified atom stereocenters. The molecule has 0 radical (unpaired) electrons.